The number of nitrogens with one attached hydrogen (secondary N) is 1. The van der Waals surface area contributed by atoms with Crippen LogP contribution in [0.5, 0.6) is 0 Å². The summed E-state index contributed by atoms with van der Waals surface area (Å²) >= 11 is 0. The molecule has 0 spiro atoms. The molecule has 6 heteroatoms. The molecule has 2 aromatic heterocycles. The van der Waals surface area contributed by atoms with Crippen LogP contribution in [-0.2, 0) is 13.1 Å². The zero-order valence-corrected chi connectivity index (χ0v) is 13.4. The highest BCUT2D eigenvalue weighted by atomic mass is 19.1. The highest BCUT2D eigenvalue weighted by Gasteiger charge is 2.07. The first-order chi connectivity index (χ1) is 12.3. The first kappa shape index (κ1) is 15.3. The zero-order valence-electron chi connectivity index (χ0n) is 13.4. The molecule has 0 saturated heterocycles. The normalized spacial score (nSPS) is 10.9. The number of halogens is 1. The van der Waals surface area contributed by atoms with Crippen molar-refractivity contribution in [3.8, 4) is 0 Å². The van der Waals surface area contributed by atoms with Gasteiger partial charge in [0.25, 0.3) is 0 Å². The molecule has 2 aromatic carbocycles. The van der Waals surface area contributed by atoms with Crippen LogP contribution in [0.3, 0.4) is 0 Å². The monoisotopic (exact) mass is 333 g/mol. The first-order valence-corrected chi connectivity index (χ1v) is 7.98. The molecule has 25 heavy (non-hydrogen) atoms. The van der Waals surface area contributed by atoms with Crippen LogP contribution in [-0.4, -0.2) is 19.7 Å². The summed E-state index contributed by atoms with van der Waals surface area (Å²) < 4.78 is 15.7. The SMILES string of the molecule is Fc1cccc2c(NCc3cnn(Cc4ccccc4)c3)ncnc12. The fraction of sp³-hybridized carbons (Fsp3) is 0.105. The number of hydrogen-bond acceptors (Lipinski definition) is 4. The van der Waals surface area contributed by atoms with E-state index >= 15 is 0 Å². The quantitative estimate of drug-likeness (QED) is 0.606. The minimum atomic E-state index is -0.348. The van der Waals surface area contributed by atoms with Gasteiger partial charge in [-0.15, -0.1) is 0 Å². The Morgan fingerprint density at radius 1 is 0.960 bits per heavy atom. The lowest BCUT2D eigenvalue weighted by Crippen LogP contribution is -2.03. The summed E-state index contributed by atoms with van der Waals surface area (Å²) in [6.45, 7) is 1.28. The maximum Gasteiger partial charge on any atom is 0.149 e. The minimum absolute atomic E-state index is 0.319. The second-order valence-corrected chi connectivity index (χ2v) is 5.74. The molecule has 0 aliphatic rings. The highest BCUT2D eigenvalue weighted by Crippen LogP contribution is 2.21. The number of benzene rings is 2. The van der Waals surface area contributed by atoms with Crippen LogP contribution in [0.1, 0.15) is 11.1 Å². The van der Waals surface area contributed by atoms with E-state index in [0.717, 1.165) is 12.1 Å². The molecule has 0 aliphatic heterocycles. The van der Waals surface area contributed by atoms with E-state index < -0.39 is 0 Å². The average molecular weight is 333 g/mol. The molecule has 0 fully saturated rings. The summed E-state index contributed by atoms with van der Waals surface area (Å²) in [5, 5.41) is 8.29. The molecule has 0 unspecified atom stereocenters. The maximum absolute atomic E-state index is 13.8. The Morgan fingerprint density at radius 2 is 1.84 bits per heavy atom. The molecule has 4 rings (SSSR count). The van der Waals surface area contributed by atoms with E-state index in [2.05, 4.69) is 32.5 Å². The summed E-state index contributed by atoms with van der Waals surface area (Å²) in [4.78, 5) is 8.23. The van der Waals surface area contributed by atoms with Crippen molar-refractivity contribution in [3.63, 3.8) is 0 Å². The van der Waals surface area contributed by atoms with Crippen LogP contribution in [0, 0.1) is 5.82 Å². The Morgan fingerprint density at radius 3 is 2.72 bits per heavy atom. The predicted molar refractivity (Wildman–Crippen MR) is 94.6 cm³/mol. The van der Waals surface area contributed by atoms with Crippen LogP contribution in [0.2, 0.25) is 0 Å². The molecule has 0 radical (unpaired) electrons. The van der Waals surface area contributed by atoms with Crippen molar-refractivity contribution in [1.82, 2.24) is 19.7 Å². The van der Waals surface area contributed by atoms with Gasteiger partial charge < -0.3 is 5.32 Å². The Bertz CT molecular complexity index is 997. The molecule has 0 atom stereocenters. The van der Waals surface area contributed by atoms with Gasteiger partial charge in [0.2, 0.25) is 0 Å². The van der Waals surface area contributed by atoms with Crippen molar-refractivity contribution in [2.45, 2.75) is 13.1 Å². The number of nitrogens with zero attached hydrogens (tertiary/aromatic N) is 4. The Balaban J connectivity index is 1.48. The second-order valence-electron chi connectivity index (χ2n) is 5.74. The molecule has 4 aromatic rings. The van der Waals surface area contributed by atoms with Gasteiger partial charge in [-0.3, -0.25) is 4.68 Å². The van der Waals surface area contributed by atoms with Gasteiger partial charge in [0.1, 0.15) is 23.5 Å². The maximum atomic E-state index is 13.8. The van der Waals surface area contributed by atoms with Crippen LogP contribution < -0.4 is 5.32 Å². The smallest absolute Gasteiger partial charge is 0.149 e. The van der Waals surface area contributed by atoms with Gasteiger partial charge in [0, 0.05) is 23.7 Å². The summed E-state index contributed by atoms with van der Waals surface area (Å²) in [7, 11) is 0. The summed E-state index contributed by atoms with van der Waals surface area (Å²) in [6, 6.07) is 15.0. The molecule has 5 nitrogen and oxygen atoms in total. The largest absolute Gasteiger partial charge is 0.365 e. The Hall–Kier alpha value is -3.28. The number of rotatable bonds is 5. The molecule has 2 heterocycles. The fourth-order valence-electron chi connectivity index (χ4n) is 2.73. The van der Waals surface area contributed by atoms with Crippen LogP contribution in [0.25, 0.3) is 10.9 Å². The van der Waals surface area contributed by atoms with Crippen molar-refractivity contribution in [3.05, 3.63) is 84.2 Å². The van der Waals surface area contributed by atoms with Gasteiger partial charge in [-0.1, -0.05) is 36.4 Å². The third-order valence-electron chi connectivity index (χ3n) is 3.95. The molecular formula is C19H16FN5. The van der Waals surface area contributed by atoms with E-state index in [4.69, 9.17) is 0 Å². The Labute approximate surface area is 144 Å². The first-order valence-electron chi connectivity index (χ1n) is 7.98. The average Bonchev–Trinajstić information content (AvgIpc) is 3.09. The third-order valence-corrected chi connectivity index (χ3v) is 3.95. The molecule has 0 aliphatic carbocycles. The van der Waals surface area contributed by atoms with Gasteiger partial charge >= 0.3 is 0 Å². The van der Waals surface area contributed by atoms with Gasteiger partial charge in [-0.05, 0) is 17.7 Å². The van der Waals surface area contributed by atoms with E-state index in [1.54, 1.807) is 12.1 Å². The number of para-hydroxylation sites is 1. The molecule has 0 bridgehead atoms. The number of aromatic nitrogens is 4. The number of anilines is 1. The van der Waals surface area contributed by atoms with E-state index in [1.165, 1.54) is 18.0 Å². The summed E-state index contributed by atoms with van der Waals surface area (Å²) in [5.41, 5.74) is 2.54. The van der Waals surface area contributed by atoms with Crippen molar-refractivity contribution >= 4 is 16.7 Å². The summed E-state index contributed by atoms with van der Waals surface area (Å²) in [6.07, 6.45) is 5.18. The van der Waals surface area contributed by atoms with E-state index in [0.29, 0.717) is 23.3 Å². The fourth-order valence-corrected chi connectivity index (χ4v) is 2.73. The van der Waals surface area contributed by atoms with Gasteiger partial charge in [-0.25, -0.2) is 14.4 Å². The van der Waals surface area contributed by atoms with Crippen molar-refractivity contribution in [2.75, 3.05) is 5.32 Å². The van der Waals surface area contributed by atoms with E-state index in [1.807, 2.05) is 35.3 Å². The topological polar surface area (TPSA) is 55.6 Å². The molecule has 124 valence electrons. The molecule has 0 saturated carbocycles. The van der Waals surface area contributed by atoms with Gasteiger partial charge in [0.05, 0.1) is 12.7 Å². The van der Waals surface area contributed by atoms with E-state index in [-0.39, 0.29) is 5.82 Å². The van der Waals surface area contributed by atoms with Crippen molar-refractivity contribution in [1.29, 1.82) is 0 Å². The van der Waals surface area contributed by atoms with Crippen LogP contribution in [0.15, 0.2) is 67.3 Å². The van der Waals surface area contributed by atoms with Crippen molar-refractivity contribution < 1.29 is 4.39 Å². The van der Waals surface area contributed by atoms with Crippen LogP contribution in [0.4, 0.5) is 10.2 Å². The van der Waals surface area contributed by atoms with Gasteiger partial charge in [-0.2, -0.15) is 5.10 Å². The van der Waals surface area contributed by atoms with Crippen LogP contribution >= 0.6 is 0 Å². The van der Waals surface area contributed by atoms with Gasteiger partial charge in [0.15, 0.2) is 0 Å². The standard InChI is InChI=1S/C19H16FN5/c20-17-8-4-7-16-18(17)22-13-23-19(16)21-9-15-10-24-25(12-15)11-14-5-2-1-3-6-14/h1-8,10,12-13H,9,11H2,(H,21,22,23). The summed E-state index contributed by atoms with van der Waals surface area (Å²) in [5.74, 6) is 0.263. The third kappa shape index (κ3) is 3.33. The highest BCUT2D eigenvalue weighted by molar-refractivity contribution is 5.89. The zero-order chi connectivity index (χ0) is 17.1. The molecule has 1 N–H and O–H groups in total. The minimum Gasteiger partial charge on any atom is -0.365 e. The Kier molecular flexibility index (Phi) is 4.08. The number of hydrogen-bond donors (Lipinski definition) is 1. The predicted octanol–water partition coefficient (Wildman–Crippen LogP) is 3.63. The molecular weight excluding hydrogens is 317 g/mol. The lowest BCUT2D eigenvalue weighted by atomic mass is 10.2. The lowest BCUT2D eigenvalue weighted by molar-refractivity contribution is 0.636. The van der Waals surface area contributed by atoms with E-state index in [9.17, 15) is 4.39 Å². The second kappa shape index (κ2) is 6.68. The molecule has 0 amide bonds. The van der Waals surface area contributed by atoms with Crippen molar-refractivity contribution in [2.24, 2.45) is 0 Å². The number of fused-ring (bicyclic) bond motifs is 1. The lowest BCUT2D eigenvalue weighted by Gasteiger charge is -2.07.